The third-order valence-electron chi connectivity index (χ3n) is 7.28. The molecule has 0 heterocycles. The molecule has 4 rings (SSSR count). The van der Waals surface area contributed by atoms with Gasteiger partial charge in [0.1, 0.15) is 18.3 Å². The molecule has 0 saturated heterocycles. The summed E-state index contributed by atoms with van der Waals surface area (Å²) < 4.78 is 32.4. The molecule has 0 bridgehead atoms. The molecule has 0 aliphatic heterocycles. The van der Waals surface area contributed by atoms with E-state index in [1.165, 1.54) is 4.90 Å². The lowest BCUT2D eigenvalue weighted by Gasteiger charge is -2.34. The van der Waals surface area contributed by atoms with Gasteiger partial charge in [-0.3, -0.25) is 13.9 Å². The summed E-state index contributed by atoms with van der Waals surface area (Å²) in [5.41, 5.74) is 2.11. The summed E-state index contributed by atoms with van der Waals surface area (Å²) in [5.74, 6) is -0.0825. The first kappa shape index (κ1) is 30.1. The number of hydrogen-bond acceptors (Lipinski definition) is 5. The van der Waals surface area contributed by atoms with Gasteiger partial charge in [-0.25, -0.2) is 8.42 Å². The quantitative estimate of drug-likeness (QED) is 0.322. The first-order chi connectivity index (χ1) is 19.7. The van der Waals surface area contributed by atoms with Crippen molar-refractivity contribution < 1.29 is 22.7 Å². The topological polar surface area (TPSA) is 96.0 Å². The number of hydrogen-bond donors (Lipinski definition) is 1. The average molecular weight is 578 g/mol. The first-order valence-electron chi connectivity index (χ1n) is 14.1. The number of sulfonamides is 1. The van der Waals surface area contributed by atoms with Crippen LogP contribution in [0.25, 0.3) is 0 Å². The molecule has 1 saturated carbocycles. The van der Waals surface area contributed by atoms with Crippen LogP contribution < -0.4 is 14.4 Å². The number of rotatable bonds is 13. The molecule has 2 amide bonds. The number of benzene rings is 3. The van der Waals surface area contributed by atoms with Gasteiger partial charge in [0.05, 0.1) is 18.6 Å². The molecule has 8 nitrogen and oxygen atoms in total. The molecular weight excluding hydrogens is 538 g/mol. The molecule has 3 aromatic carbocycles. The van der Waals surface area contributed by atoms with Gasteiger partial charge in [0, 0.05) is 19.0 Å². The Balaban J connectivity index is 1.68. The van der Waals surface area contributed by atoms with E-state index >= 15 is 0 Å². The Bertz CT molecular complexity index is 1380. The second-order valence-corrected chi connectivity index (χ2v) is 12.3. The molecule has 1 atom stereocenters. The molecular formula is C32H39N3O5S. The molecule has 0 aromatic heterocycles. The van der Waals surface area contributed by atoms with Crippen molar-refractivity contribution in [3.05, 3.63) is 96.1 Å². The highest BCUT2D eigenvalue weighted by atomic mass is 32.2. The van der Waals surface area contributed by atoms with Crippen molar-refractivity contribution in [1.29, 1.82) is 0 Å². The summed E-state index contributed by atoms with van der Waals surface area (Å²) in [6, 6.07) is 24.9. The van der Waals surface area contributed by atoms with Crippen molar-refractivity contribution in [3.63, 3.8) is 0 Å². The number of nitrogens with zero attached hydrogens (tertiary/aromatic N) is 2. The second kappa shape index (κ2) is 14.2. The van der Waals surface area contributed by atoms with Gasteiger partial charge < -0.3 is 15.0 Å². The van der Waals surface area contributed by atoms with E-state index in [2.05, 4.69) is 5.32 Å². The molecule has 1 aliphatic rings. The predicted octanol–water partition coefficient (Wildman–Crippen LogP) is 4.55. The summed E-state index contributed by atoms with van der Waals surface area (Å²) in [6.45, 7) is 2.07. The minimum absolute atomic E-state index is 0.0748. The second-order valence-electron chi connectivity index (χ2n) is 10.4. The molecule has 0 spiro atoms. The Morgan fingerprint density at radius 2 is 1.49 bits per heavy atom. The highest BCUT2D eigenvalue weighted by molar-refractivity contribution is 7.92. The third-order valence-corrected chi connectivity index (χ3v) is 8.42. The summed E-state index contributed by atoms with van der Waals surface area (Å²) in [4.78, 5) is 29.5. The van der Waals surface area contributed by atoms with E-state index in [1.807, 2.05) is 67.6 Å². The van der Waals surface area contributed by atoms with Crippen molar-refractivity contribution in [3.8, 4) is 5.75 Å². The van der Waals surface area contributed by atoms with Crippen LogP contribution in [0.5, 0.6) is 5.75 Å². The van der Waals surface area contributed by atoms with Gasteiger partial charge in [-0.1, -0.05) is 73.5 Å². The number of amides is 2. The fourth-order valence-corrected chi connectivity index (χ4v) is 6.04. The highest BCUT2D eigenvalue weighted by Gasteiger charge is 2.34. The third kappa shape index (κ3) is 8.57. The zero-order valence-corrected chi connectivity index (χ0v) is 24.6. The molecule has 1 aliphatic carbocycles. The molecule has 0 radical (unpaired) electrons. The van der Waals surface area contributed by atoms with Crippen molar-refractivity contribution in [2.75, 3.05) is 23.7 Å². The maximum atomic E-state index is 14.1. The summed E-state index contributed by atoms with van der Waals surface area (Å²) in [5, 5.41) is 3.18. The van der Waals surface area contributed by atoms with Gasteiger partial charge in [0.15, 0.2) is 0 Å². The summed E-state index contributed by atoms with van der Waals surface area (Å²) >= 11 is 0. The highest BCUT2D eigenvalue weighted by Crippen LogP contribution is 2.24. The first-order valence-corrected chi connectivity index (χ1v) is 16.0. The van der Waals surface area contributed by atoms with Crippen molar-refractivity contribution in [2.24, 2.45) is 0 Å². The largest absolute Gasteiger partial charge is 0.494 e. The Hall–Kier alpha value is -3.85. The maximum Gasteiger partial charge on any atom is 0.244 e. The Morgan fingerprint density at radius 3 is 2.05 bits per heavy atom. The van der Waals surface area contributed by atoms with Crippen LogP contribution in [-0.2, 0) is 32.6 Å². The monoisotopic (exact) mass is 577 g/mol. The Kier molecular flexibility index (Phi) is 10.4. The molecule has 41 heavy (non-hydrogen) atoms. The van der Waals surface area contributed by atoms with Crippen LogP contribution >= 0.6 is 0 Å². The molecule has 9 heteroatoms. The van der Waals surface area contributed by atoms with Crippen molar-refractivity contribution >= 4 is 27.5 Å². The number of nitrogens with one attached hydrogen (secondary N) is 1. The maximum absolute atomic E-state index is 14.1. The van der Waals surface area contributed by atoms with E-state index in [0.29, 0.717) is 24.5 Å². The molecule has 1 N–H and O–H groups in total. The lowest BCUT2D eigenvalue weighted by atomic mass is 10.0. The fourth-order valence-electron chi connectivity index (χ4n) is 5.19. The van der Waals surface area contributed by atoms with Gasteiger partial charge in [-0.05, 0) is 55.2 Å². The summed E-state index contributed by atoms with van der Waals surface area (Å²) in [6.07, 6.45) is 5.33. The van der Waals surface area contributed by atoms with E-state index in [0.717, 1.165) is 47.4 Å². The van der Waals surface area contributed by atoms with E-state index in [9.17, 15) is 18.0 Å². The van der Waals surface area contributed by atoms with Gasteiger partial charge in [-0.15, -0.1) is 0 Å². The number of carbonyl (C=O) groups is 2. The Labute approximate surface area is 243 Å². The molecule has 1 fully saturated rings. The van der Waals surface area contributed by atoms with Crippen molar-refractivity contribution in [2.45, 2.75) is 57.7 Å². The van der Waals surface area contributed by atoms with E-state index in [4.69, 9.17) is 4.74 Å². The van der Waals surface area contributed by atoms with Gasteiger partial charge in [0.2, 0.25) is 21.8 Å². The molecule has 0 unspecified atom stereocenters. The van der Waals surface area contributed by atoms with E-state index in [-0.39, 0.29) is 18.5 Å². The molecule has 3 aromatic rings. The van der Waals surface area contributed by atoms with Gasteiger partial charge in [-0.2, -0.15) is 0 Å². The SMILES string of the molecule is CCOc1ccc(N(CC(=O)N(Cc2ccccc2)[C@H](Cc2ccccc2)C(=O)NC2CCCC2)S(C)(=O)=O)cc1. The Morgan fingerprint density at radius 1 is 0.902 bits per heavy atom. The average Bonchev–Trinajstić information content (AvgIpc) is 3.48. The standard InChI is InChI=1S/C32H39N3O5S/c1-3-40-29-20-18-28(19-21-29)35(41(2,38)39)24-31(36)34(23-26-14-8-5-9-15-26)30(22-25-12-6-4-7-13-25)32(37)33-27-16-10-11-17-27/h4-9,12-15,18-21,27,30H,3,10-11,16-17,22-24H2,1-2H3,(H,33,37)/t30-/m1/s1. The van der Waals surface area contributed by atoms with E-state index < -0.39 is 28.5 Å². The van der Waals surface area contributed by atoms with Crippen LogP contribution in [0, 0.1) is 0 Å². The molecule has 218 valence electrons. The normalized spacial score (nSPS) is 14.3. The van der Waals surface area contributed by atoms with Gasteiger partial charge in [0.25, 0.3) is 0 Å². The van der Waals surface area contributed by atoms with Crippen LogP contribution in [0.15, 0.2) is 84.9 Å². The van der Waals surface area contributed by atoms with Crippen molar-refractivity contribution in [1.82, 2.24) is 10.2 Å². The predicted molar refractivity (Wildman–Crippen MR) is 161 cm³/mol. The summed E-state index contributed by atoms with van der Waals surface area (Å²) in [7, 11) is -3.82. The van der Waals surface area contributed by atoms with Crippen LogP contribution in [0.4, 0.5) is 5.69 Å². The number of carbonyl (C=O) groups excluding carboxylic acids is 2. The van der Waals surface area contributed by atoms with Crippen LogP contribution in [0.1, 0.15) is 43.7 Å². The van der Waals surface area contributed by atoms with Crippen LogP contribution in [-0.4, -0.2) is 56.6 Å². The van der Waals surface area contributed by atoms with Gasteiger partial charge >= 0.3 is 0 Å². The minimum atomic E-state index is -3.82. The minimum Gasteiger partial charge on any atom is -0.494 e. The zero-order valence-electron chi connectivity index (χ0n) is 23.7. The fraction of sp³-hybridized carbons (Fsp3) is 0.375. The lowest BCUT2D eigenvalue weighted by Crippen LogP contribution is -2.54. The lowest BCUT2D eigenvalue weighted by molar-refractivity contribution is -0.140. The van der Waals surface area contributed by atoms with Crippen LogP contribution in [0.2, 0.25) is 0 Å². The zero-order chi connectivity index (χ0) is 29.2. The van der Waals surface area contributed by atoms with E-state index in [1.54, 1.807) is 24.3 Å². The van der Waals surface area contributed by atoms with Crippen LogP contribution in [0.3, 0.4) is 0 Å². The number of ether oxygens (including phenoxy) is 1. The number of anilines is 1. The smallest absolute Gasteiger partial charge is 0.244 e.